The van der Waals surface area contributed by atoms with E-state index in [9.17, 15) is 4.79 Å². The molecule has 0 fully saturated rings. The summed E-state index contributed by atoms with van der Waals surface area (Å²) in [6.07, 6.45) is 5.10. The van der Waals surface area contributed by atoms with Gasteiger partial charge in [0, 0.05) is 11.3 Å². The van der Waals surface area contributed by atoms with Crippen molar-refractivity contribution in [1.29, 1.82) is 0 Å². The minimum absolute atomic E-state index is 0.0444. The Morgan fingerprint density at radius 2 is 1.88 bits per heavy atom. The third kappa shape index (κ3) is 4.57. The van der Waals surface area contributed by atoms with Gasteiger partial charge >= 0.3 is 0 Å². The minimum atomic E-state index is -0.0444. The summed E-state index contributed by atoms with van der Waals surface area (Å²) in [7, 11) is 0. The van der Waals surface area contributed by atoms with Crippen LogP contribution >= 0.6 is 0 Å². The van der Waals surface area contributed by atoms with Gasteiger partial charge in [-0.15, -0.1) is 10.2 Å². The quantitative estimate of drug-likeness (QED) is 0.678. The zero-order valence-corrected chi connectivity index (χ0v) is 15.2. The summed E-state index contributed by atoms with van der Waals surface area (Å²) in [5.41, 5.74) is 4.85. The molecule has 1 N–H and O–H groups in total. The molecule has 0 aliphatic carbocycles. The number of benzene rings is 2. The number of carbonyl (C=O) groups excluding carboxylic acids is 1. The molecule has 2 aromatic carbocycles. The lowest BCUT2D eigenvalue weighted by Gasteiger charge is -2.10. The zero-order chi connectivity index (χ0) is 18.4. The first kappa shape index (κ1) is 17.9. The van der Waals surface area contributed by atoms with Crippen LogP contribution in [0.2, 0.25) is 0 Å². The van der Waals surface area contributed by atoms with Gasteiger partial charge < -0.3 is 9.73 Å². The van der Waals surface area contributed by atoms with Crippen molar-refractivity contribution in [1.82, 2.24) is 10.2 Å². The van der Waals surface area contributed by atoms with Crippen molar-refractivity contribution in [3.05, 3.63) is 65.5 Å². The van der Waals surface area contributed by atoms with Crippen molar-refractivity contribution in [2.24, 2.45) is 0 Å². The third-order valence-electron chi connectivity index (χ3n) is 4.33. The van der Waals surface area contributed by atoms with E-state index in [1.165, 1.54) is 24.8 Å². The first-order valence-electron chi connectivity index (χ1n) is 8.90. The summed E-state index contributed by atoms with van der Waals surface area (Å²) in [4.78, 5) is 12.4. The highest BCUT2D eigenvalue weighted by atomic mass is 16.4. The number of hydrogen-bond acceptors (Lipinski definition) is 4. The molecule has 1 amide bonds. The van der Waals surface area contributed by atoms with Crippen LogP contribution in [0, 0.1) is 6.92 Å². The van der Waals surface area contributed by atoms with Crippen molar-refractivity contribution in [3.63, 3.8) is 0 Å². The number of nitrogens with zero attached hydrogens (tertiary/aromatic N) is 2. The smallest absolute Gasteiger partial charge is 0.247 e. The molecule has 0 atom stereocenters. The Bertz CT molecular complexity index is 855. The Balaban J connectivity index is 1.65. The topological polar surface area (TPSA) is 68.0 Å². The predicted octanol–water partition coefficient (Wildman–Crippen LogP) is 4.57. The van der Waals surface area contributed by atoms with E-state index in [0.717, 1.165) is 28.8 Å². The largest absolute Gasteiger partial charge is 0.423 e. The molecule has 0 aliphatic rings. The number of aromatic nitrogens is 2. The van der Waals surface area contributed by atoms with E-state index in [2.05, 4.69) is 34.6 Å². The van der Waals surface area contributed by atoms with E-state index in [4.69, 9.17) is 4.42 Å². The van der Waals surface area contributed by atoms with Crippen LogP contribution in [0.15, 0.2) is 53.3 Å². The van der Waals surface area contributed by atoms with Crippen molar-refractivity contribution in [3.8, 4) is 11.5 Å². The summed E-state index contributed by atoms with van der Waals surface area (Å²) >= 11 is 0. The number of anilines is 1. The van der Waals surface area contributed by atoms with Crippen LogP contribution < -0.4 is 5.32 Å². The summed E-state index contributed by atoms with van der Waals surface area (Å²) in [5.74, 6) is 0.389. The fourth-order valence-electron chi connectivity index (χ4n) is 2.77. The molecule has 0 spiro atoms. The molecular formula is C21H23N3O2. The minimum Gasteiger partial charge on any atom is -0.423 e. The van der Waals surface area contributed by atoms with Gasteiger partial charge in [-0.25, -0.2) is 0 Å². The highest BCUT2D eigenvalue weighted by molar-refractivity contribution is 5.93. The second kappa shape index (κ2) is 8.43. The van der Waals surface area contributed by atoms with Gasteiger partial charge in [0.05, 0.1) is 6.42 Å². The van der Waals surface area contributed by atoms with Crippen LogP contribution in [0.5, 0.6) is 0 Å². The number of amides is 1. The van der Waals surface area contributed by atoms with Crippen molar-refractivity contribution in [2.75, 3.05) is 5.32 Å². The lowest BCUT2D eigenvalue weighted by molar-refractivity contribution is -0.115. The average Bonchev–Trinajstić information content (AvgIpc) is 3.17. The highest BCUT2D eigenvalue weighted by Gasteiger charge is 2.10. The standard InChI is InChI=1S/C21H23N3O2/c1-3-4-5-16-7-9-17(10-8-16)12-20(25)23-19-13-18(11-6-15(19)2)21-24-22-14-26-21/h6-11,13-14H,3-5,12H2,1-2H3,(H,23,25). The van der Waals surface area contributed by atoms with E-state index in [-0.39, 0.29) is 5.91 Å². The SMILES string of the molecule is CCCCc1ccc(CC(=O)Nc2cc(-c3nnco3)ccc2C)cc1. The van der Waals surface area contributed by atoms with Crippen LogP contribution in [0.25, 0.3) is 11.5 Å². The van der Waals surface area contributed by atoms with E-state index in [1.807, 2.05) is 37.3 Å². The number of rotatable bonds is 7. The van der Waals surface area contributed by atoms with Crippen molar-refractivity contribution in [2.45, 2.75) is 39.5 Å². The van der Waals surface area contributed by atoms with Crippen LogP contribution in [-0.2, 0) is 17.6 Å². The molecule has 3 rings (SSSR count). The average molecular weight is 349 g/mol. The number of unbranched alkanes of at least 4 members (excludes halogenated alkanes) is 1. The molecule has 26 heavy (non-hydrogen) atoms. The highest BCUT2D eigenvalue weighted by Crippen LogP contribution is 2.24. The van der Waals surface area contributed by atoms with Crippen molar-refractivity contribution < 1.29 is 9.21 Å². The molecule has 134 valence electrons. The number of carbonyl (C=O) groups is 1. The second-order valence-electron chi connectivity index (χ2n) is 6.42. The third-order valence-corrected chi connectivity index (χ3v) is 4.33. The summed E-state index contributed by atoms with van der Waals surface area (Å²) < 4.78 is 5.22. The maximum Gasteiger partial charge on any atom is 0.247 e. The predicted molar refractivity (Wildman–Crippen MR) is 102 cm³/mol. The van der Waals surface area contributed by atoms with E-state index >= 15 is 0 Å². The summed E-state index contributed by atoms with van der Waals surface area (Å²) in [6.45, 7) is 4.14. The first-order valence-corrected chi connectivity index (χ1v) is 8.90. The molecule has 0 saturated carbocycles. The normalized spacial score (nSPS) is 10.7. The van der Waals surface area contributed by atoms with Crippen molar-refractivity contribution >= 4 is 11.6 Å². The van der Waals surface area contributed by atoms with Gasteiger partial charge in [0.25, 0.3) is 0 Å². The molecule has 0 bridgehead atoms. The molecule has 0 aliphatic heterocycles. The van der Waals surface area contributed by atoms with E-state index in [0.29, 0.717) is 12.3 Å². The van der Waals surface area contributed by atoms with Gasteiger partial charge in [-0.1, -0.05) is 43.7 Å². The summed E-state index contributed by atoms with van der Waals surface area (Å²) in [5, 5.41) is 10.6. The van der Waals surface area contributed by atoms with Crippen LogP contribution in [0.4, 0.5) is 5.69 Å². The number of aryl methyl sites for hydroxylation is 2. The Hall–Kier alpha value is -2.95. The zero-order valence-electron chi connectivity index (χ0n) is 15.2. The molecule has 1 aromatic heterocycles. The maximum absolute atomic E-state index is 12.4. The molecule has 5 nitrogen and oxygen atoms in total. The molecule has 0 saturated heterocycles. The van der Waals surface area contributed by atoms with Crippen LogP contribution in [0.3, 0.4) is 0 Å². The van der Waals surface area contributed by atoms with Crippen LogP contribution in [-0.4, -0.2) is 16.1 Å². The molecule has 1 heterocycles. The Kier molecular flexibility index (Phi) is 5.79. The van der Waals surface area contributed by atoms with Gasteiger partial charge in [-0.05, 0) is 48.6 Å². The lowest BCUT2D eigenvalue weighted by atomic mass is 10.0. The van der Waals surface area contributed by atoms with E-state index < -0.39 is 0 Å². The van der Waals surface area contributed by atoms with Gasteiger partial charge in [-0.2, -0.15) is 0 Å². The number of nitrogens with one attached hydrogen (secondary N) is 1. The molecule has 0 unspecified atom stereocenters. The van der Waals surface area contributed by atoms with Gasteiger partial charge in [0.1, 0.15) is 0 Å². The lowest BCUT2D eigenvalue weighted by Crippen LogP contribution is -2.15. The van der Waals surface area contributed by atoms with Crippen LogP contribution in [0.1, 0.15) is 36.5 Å². The first-order chi connectivity index (χ1) is 12.7. The molecule has 5 heteroatoms. The second-order valence-corrected chi connectivity index (χ2v) is 6.42. The van der Waals surface area contributed by atoms with Gasteiger partial charge in [0.2, 0.25) is 18.2 Å². The fraction of sp³-hybridized carbons (Fsp3) is 0.286. The van der Waals surface area contributed by atoms with Gasteiger partial charge in [0.15, 0.2) is 0 Å². The molecule has 3 aromatic rings. The molecule has 0 radical (unpaired) electrons. The maximum atomic E-state index is 12.4. The number of hydrogen-bond donors (Lipinski definition) is 1. The monoisotopic (exact) mass is 349 g/mol. The summed E-state index contributed by atoms with van der Waals surface area (Å²) in [6, 6.07) is 14.0. The Morgan fingerprint density at radius 3 is 2.58 bits per heavy atom. The fourth-order valence-corrected chi connectivity index (χ4v) is 2.77. The molecular weight excluding hydrogens is 326 g/mol. The van der Waals surface area contributed by atoms with Gasteiger partial charge in [-0.3, -0.25) is 4.79 Å². The Labute approximate surface area is 153 Å². The van der Waals surface area contributed by atoms with E-state index in [1.54, 1.807) is 0 Å². The Morgan fingerprint density at radius 1 is 1.12 bits per heavy atom.